The number of hydrogen-bond acceptors (Lipinski definition) is 2. The van der Waals surface area contributed by atoms with Gasteiger partial charge >= 0.3 is 23.1 Å². The molecule has 2 aliphatic rings. The van der Waals surface area contributed by atoms with Crippen molar-refractivity contribution in [3.63, 3.8) is 0 Å². The molecule has 0 saturated heterocycles. The second kappa shape index (κ2) is 8.74. The quantitative estimate of drug-likeness (QED) is 0.267. The number of aryl methyl sites for hydroxylation is 1. The van der Waals surface area contributed by atoms with Crippen LogP contribution in [0.5, 0.6) is 0 Å². The van der Waals surface area contributed by atoms with Crippen LogP contribution in [0.4, 0.5) is 0 Å². The minimum absolute atomic E-state index is 0. The van der Waals surface area contributed by atoms with Crippen molar-refractivity contribution in [2.45, 2.75) is 20.8 Å². The molecule has 0 aliphatic carbocycles. The zero-order valence-corrected chi connectivity index (χ0v) is 21.0. The van der Waals surface area contributed by atoms with E-state index in [0.717, 1.165) is 50.4 Å². The summed E-state index contributed by atoms with van der Waals surface area (Å²) in [6.45, 7) is 6.55. The van der Waals surface area contributed by atoms with Gasteiger partial charge in [0.05, 0.1) is 22.8 Å². The first-order valence-electron chi connectivity index (χ1n) is 11.2. The Morgan fingerprint density at radius 3 is 1.79 bits per heavy atom. The summed E-state index contributed by atoms with van der Waals surface area (Å²) >= 11 is 0. The van der Waals surface area contributed by atoms with Gasteiger partial charge in [0.25, 0.3) is 0 Å². The third-order valence-corrected chi connectivity index (χ3v) is 6.51. The zero-order chi connectivity index (χ0) is 22.5. The molecule has 0 spiro atoms. The molecule has 0 fully saturated rings. The van der Waals surface area contributed by atoms with Crippen LogP contribution < -0.4 is 0 Å². The number of hydrogen-bond donors (Lipinski definition) is 2. The number of benzene rings is 1. The Balaban J connectivity index is 0.00000120. The van der Waals surface area contributed by atoms with Crippen molar-refractivity contribution in [3.8, 4) is 0 Å². The molecule has 2 N–H and O–H groups in total. The molecule has 164 valence electrons. The van der Waals surface area contributed by atoms with E-state index in [-0.39, 0.29) is 25.9 Å². The molecule has 4 nitrogen and oxygen atoms in total. The van der Waals surface area contributed by atoms with Crippen molar-refractivity contribution >= 4 is 68.9 Å². The third-order valence-electron chi connectivity index (χ3n) is 6.51. The average molecular weight is 455 g/mol. The third kappa shape index (κ3) is 4.13. The second-order valence-corrected chi connectivity index (χ2v) is 8.77. The van der Waals surface area contributed by atoms with Crippen LogP contribution >= 0.6 is 0 Å². The first-order chi connectivity index (χ1) is 16.0. The van der Waals surface area contributed by atoms with Crippen LogP contribution in [0.25, 0.3) is 45.9 Å². The van der Waals surface area contributed by atoms with Crippen LogP contribution in [0.2, 0.25) is 0 Å². The molecule has 6 rings (SSSR count). The van der Waals surface area contributed by atoms with Gasteiger partial charge < -0.3 is 12.8 Å². The minimum Gasteiger partial charge on any atom is -1.00 e. The maximum Gasteiger partial charge on any atom is 2.00 e. The average Bonchev–Trinajstić information content (AvgIpc) is 3.58. The molecule has 8 bridgehead atoms. The summed E-state index contributed by atoms with van der Waals surface area (Å²) in [5.41, 5.74) is 14.1. The first-order valence-corrected chi connectivity index (χ1v) is 11.2. The minimum atomic E-state index is 0. The molecular formula is C29H26MgN4. The van der Waals surface area contributed by atoms with E-state index in [4.69, 9.17) is 9.97 Å². The van der Waals surface area contributed by atoms with Gasteiger partial charge in [-0.15, -0.1) is 0 Å². The van der Waals surface area contributed by atoms with Crippen molar-refractivity contribution in [2.24, 2.45) is 0 Å². The van der Waals surface area contributed by atoms with Crippen molar-refractivity contribution in [3.05, 3.63) is 106 Å². The molecule has 5 heteroatoms. The molecule has 34 heavy (non-hydrogen) atoms. The van der Waals surface area contributed by atoms with Crippen LogP contribution in [-0.4, -0.2) is 43.0 Å². The fraction of sp³-hybridized carbons (Fsp3) is 0.103. The van der Waals surface area contributed by atoms with Gasteiger partial charge in [-0.2, -0.15) is 0 Å². The Kier molecular flexibility index (Phi) is 5.76. The summed E-state index contributed by atoms with van der Waals surface area (Å²) in [5, 5.41) is 0. The van der Waals surface area contributed by atoms with E-state index >= 15 is 0 Å². The summed E-state index contributed by atoms with van der Waals surface area (Å²) in [7, 11) is 0. The number of H-pyrrole nitrogens is 2. The maximum absolute atomic E-state index is 5.00. The largest absolute Gasteiger partial charge is 2.00 e. The molecule has 5 heterocycles. The Hall–Kier alpha value is -3.41. The molecule has 0 unspecified atom stereocenters. The van der Waals surface area contributed by atoms with Gasteiger partial charge in [0, 0.05) is 27.6 Å². The normalized spacial score (nSPS) is 12.4. The van der Waals surface area contributed by atoms with Crippen LogP contribution in [-0.2, 0) is 0 Å². The van der Waals surface area contributed by atoms with Crippen LogP contribution in [0.1, 0.15) is 47.9 Å². The Morgan fingerprint density at radius 2 is 1.18 bits per heavy atom. The topological polar surface area (TPSA) is 57.4 Å². The number of aromatic nitrogens is 4. The number of nitrogens with zero attached hydrogens (tertiary/aromatic N) is 2. The number of nitrogens with one attached hydrogen (secondary N) is 2. The van der Waals surface area contributed by atoms with Crippen molar-refractivity contribution in [2.75, 3.05) is 0 Å². The van der Waals surface area contributed by atoms with Gasteiger partial charge in [0.2, 0.25) is 0 Å². The molecule has 0 amide bonds. The fourth-order valence-electron chi connectivity index (χ4n) is 4.48. The van der Waals surface area contributed by atoms with Crippen LogP contribution in [0, 0.1) is 20.8 Å². The van der Waals surface area contributed by atoms with E-state index in [1.54, 1.807) is 0 Å². The Bertz CT molecular complexity index is 1660. The molecule has 0 saturated carbocycles. The summed E-state index contributed by atoms with van der Waals surface area (Å²) in [4.78, 5) is 16.7. The molecule has 0 atom stereocenters. The molecule has 0 radical (unpaired) electrons. The van der Waals surface area contributed by atoms with Gasteiger partial charge in [-0.25, -0.2) is 9.97 Å². The first kappa shape index (κ1) is 22.4. The van der Waals surface area contributed by atoms with Crippen LogP contribution in [0.15, 0.2) is 60.7 Å². The molecule has 4 aromatic rings. The Labute approximate surface area is 217 Å². The number of fused-ring (bicyclic) bond motifs is 8. The van der Waals surface area contributed by atoms with E-state index in [0.29, 0.717) is 0 Å². The van der Waals surface area contributed by atoms with E-state index < -0.39 is 0 Å². The van der Waals surface area contributed by atoms with Crippen LogP contribution in [0.3, 0.4) is 0 Å². The van der Waals surface area contributed by atoms with Gasteiger partial charge in [-0.05, 0) is 110 Å². The number of aromatic amines is 2. The maximum atomic E-state index is 5.00. The van der Waals surface area contributed by atoms with Gasteiger partial charge in [-0.3, -0.25) is 0 Å². The fourth-order valence-corrected chi connectivity index (χ4v) is 4.48. The van der Waals surface area contributed by atoms with Crippen molar-refractivity contribution in [1.29, 1.82) is 0 Å². The summed E-state index contributed by atoms with van der Waals surface area (Å²) in [5.74, 6) is 0. The standard InChI is InChI=1S/C29H24N4.Mg.2H/c1-17-4-11-27(19(3)18(17)2)28-15-26-14-24-8-7-22(31-24)12-20-5-6-21(30-20)13-23-9-10-25(32-23)16-29(28)33-26;;;/h4-16,31-32H,1-3H3;;;/q;+2;2*-1. The van der Waals surface area contributed by atoms with Gasteiger partial charge in [-0.1, -0.05) is 12.1 Å². The summed E-state index contributed by atoms with van der Waals surface area (Å²) in [6.07, 6.45) is 6.26. The van der Waals surface area contributed by atoms with Gasteiger partial charge in [0.15, 0.2) is 0 Å². The van der Waals surface area contributed by atoms with Crippen molar-refractivity contribution < 1.29 is 2.85 Å². The predicted octanol–water partition coefficient (Wildman–Crippen LogP) is 6.84. The smallest absolute Gasteiger partial charge is 1.00 e. The molecule has 2 aliphatic heterocycles. The van der Waals surface area contributed by atoms with Crippen molar-refractivity contribution in [1.82, 2.24) is 19.9 Å². The zero-order valence-electron chi connectivity index (χ0n) is 21.6. The van der Waals surface area contributed by atoms with E-state index in [1.165, 1.54) is 22.3 Å². The predicted molar refractivity (Wildman–Crippen MR) is 146 cm³/mol. The SMILES string of the molecule is Cc1ccc(C2=Cc3cc4ccc(cc5nc(cc6ccc(cc2n3)[nH]6)C=C5)[nH]4)c(C)c1C.[H-].[H-].[Mg+2]. The second-order valence-electron chi connectivity index (χ2n) is 8.77. The monoisotopic (exact) mass is 454 g/mol. The molecule has 3 aromatic heterocycles. The van der Waals surface area contributed by atoms with E-state index in [9.17, 15) is 0 Å². The van der Waals surface area contributed by atoms with E-state index in [2.05, 4.69) is 97.5 Å². The summed E-state index contributed by atoms with van der Waals surface area (Å²) in [6, 6.07) is 21.1. The van der Waals surface area contributed by atoms with E-state index in [1.807, 2.05) is 12.2 Å². The summed E-state index contributed by atoms with van der Waals surface area (Å²) < 4.78 is 0. The van der Waals surface area contributed by atoms with Gasteiger partial charge in [0.1, 0.15) is 0 Å². The Morgan fingerprint density at radius 1 is 0.618 bits per heavy atom. The molecular weight excluding hydrogens is 429 g/mol. The number of rotatable bonds is 1. The molecule has 1 aromatic carbocycles.